The van der Waals surface area contributed by atoms with Gasteiger partial charge >= 0.3 is 0 Å². The lowest BCUT2D eigenvalue weighted by Crippen LogP contribution is -2.43. The lowest BCUT2D eigenvalue weighted by atomic mass is 10.1. The fourth-order valence-corrected chi connectivity index (χ4v) is 5.25. The Balaban J connectivity index is 1.68. The van der Waals surface area contributed by atoms with Gasteiger partial charge in [0.1, 0.15) is 11.6 Å². The first-order chi connectivity index (χ1) is 18.4. The van der Waals surface area contributed by atoms with Crippen LogP contribution in [-0.4, -0.2) is 48.7 Å². The molecule has 1 saturated heterocycles. The third-order valence-electron chi connectivity index (χ3n) is 7.59. The van der Waals surface area contributed by atoms with Crippen LogP contribution in [0.25, 0.3) is 11.3 Å². The summed E-state index contributed by atoms with van der Waals surface area (Å²) < 4.78 is 43.1. The van der Waals surface area contributed by atoms with Crippen LogP contribution in [0.4, 0.5) is 14.7 Å². The number of pyridine rings is 1. The summed E-state index contributed by atoms with van der Waals surface area (Å²) in [7, 11) is -2.24. The maximum Gasteiger partial charge on any atom is 0.252 e. The molecule has 7 nitrogen and oxygen atoms in total. The van der Waals surface area contributed by atoms with Gasteiger partial charge in [-0.25, -0.2) is 18.7 Å². The van der Waals surface area contributed by atoms with Crippen LogP contribution in [0.15, 0.2) is 47.5 Å². The number of aromatic nitrogens is 3. The van der Waals surface area contributed by atoms with Crippen LogP contribution in [-0.2, 0) is 9.16 Å². The Morgan fingerprint density at radius 3 is 2.56 bits per heavy atom. The number of rotatable bonds is 8. The van der Waals surface area contributed by atoms with E-state index in [1.807, 2.05) is 0 Å². The van der Waals surface area contributed by atoms with Crippen LogP contribution in [0.1, 0.15) is 45.2 Å². The van der Waals surface area contributed by atoms with Crippen molar-refractivity contribution in [3.05, 3.63) is 75.3 Å². The summed E-state index contributed by atoms with van der Waals surface area (Å²) in [6.45, 7) is 11.9. The van der Waals surface area contributed by atoms with Gasteiger partial charge in [-0.1, -0.05) is 38.4 Å². The van der Waals surface area contributed by atoms with Gasteiger partial charge in [0, 0.05) is 43.3 Å². The Morgan fingerprint density at radius 2 is 1.90 bits per heavy atom. The zero-order chi connectivity index (χ0) is 28.4. The number of ether oxygens (including phenoxy) is 1. The molecule has 1 fully saturated rings. The molecule has 39 heavy (non-hydrogen) atoms. The molecule has 3 aromatic rings. The van der Waals surface area contributed by atoms with Crippen molar-refractivity contribution in [1.29, 1.82) is 0 Å². The Hall–Kier alpha value is -2.66. The second-order valence-corrected chi connectivity index (χ2v) is 16.6. The van der Waals surface area contributed by atoms with Gasteiger partial charge < -0.3 is 19.0 Å². The minimum Gasteiger partial charge on any atom is -0.414 e. The molecule has 210 valence electrons. The van der Waals surface area contributed by atoms with E-state index < -0.39 is 31.6 Å². The van der Waals surface area contributed by atoms with Gasteiger partial charge in [-0.3, -0.25) is 4.79 Å². The van der Waals surface area contributed by atoms with Crippen LogP contribution in [0.2, 0.25) is 23.2 Å². The molecule has 0 amide bonds. The molecule has 0 radical (unpaired) electrons. The molecule has 0 spiro atoms. The summed E-state index contributed by atoms with van der Waals surface area (Å²) in [4.78, 5) is 22.1. The average molecular weight is 577 g/mol. The van der Waals surface area contributed by atoms with Crippen molar-refractivity contribution in [3.8, 4) is 11.3 Å². The first kappa shape index (κ1) is 29.3. The lowest BCUT2D eigenvalue weighted by molar-refractivity contribution is 0.0903. The minimum atomic E-state index is -2.24. The molecule has 1 aromatic carbocycles. The van der Waals surface area contributed by atoms with Crippen LogP contribution in [0.5, 0.6) is 0 Å². The van der Waals surface area contributed by atoms with E-state index in [1.165, 1.54) is 29.0 Å². The summed E-state index contributed by atoms with van der Waals surface area (Å²) in [6.07, 6.45) is 4.31. The molecule has 2 aromatic heterocycles. The average Bonchev–Trinajstić information content (AvgIpc) is 2.88. The summed E-state index contributed by atoms with van der Waals surface area (Å²) in [5.41, 5.74) is 0.325. The topological polar surface area (TPSA) is 78.3 Å². The molecular weight excluding hydrogens is 542 g/mol. The van der Waals surface area contributed by atoms with E-state index >= 15 is 4.39 Å². The molecular formula is C28H35ClF2N4O3Si. The predicted octanol–water partition coefficient (Wildman–Crippen LogP) is 6.44. The van der Waals surface area contributed by atoms with E-state index in [9.17, 15) is 9.18 Å². The maximum absolute atomic E-state index is 15.6. The van der Waals surface area contributed by atoms with Crippen molar-refractivity contribution in [1.82, 2.24) is 14.5 Å². The minimum absolute atomic E-state index is 0.0365. The number of halogens is 3. The Morgan fingerprint density at radius 1 is 1.18 bits per heavy atom. The van der Waals surface area contributed by atoms with Crippen molar-refractivity contribution in [2.24, 2.45) is 0 Å². The van der Waals surface area contributed by atoms with Crippen molar-refractivity contribution >= 4 is 25.9 Å². The predicted molar refractivity (Wildman–Crippen MR) is 152 cm³/mol. The highest BCUT2D eigenvalue weighted by Crippen LogP contribution is 2.37. The molecule has 0 bridgehead atoms. The van der Waals surface area contributed by atoms with Gasteiger partial charge in [0.25, 0.3) is 5.56 Å². The molecule has 1 N–H and O–H groups in total. The fraction of sp³-hybridized carbons (Fsp3) is 0.464. The van der Waals surface area contributed by atoms with E-state index in [-0.39, 0.29) is 34.0 Å². The van der Waals surface area contributed by atoms with Crippen molar-refractivity contribution in [2.75, 3.05) is 25.1 Å². The van der Waals surface area contributed by atoms with Gasteiger partial charge in [-0.2, -0.15) is 0 Å². The first-order valence-electron chi connectivity index (χ1n) is 13.0. The highest BCUT2D eigenvalue weighted by Gasteiger charge is 2.38. The zero-order valence-corrected chi connectivity index (χ0v) is 24.7. The van der Waals surface area contributed by atoms with Crippen LogP contribution < -0.4 is 10.9 Å². The normalized spacial score (nSPS) is 15.8. The fourth-order valence-electron chi connectivity index (χ4n) is 4.13. The summed E-state index contributed by atoms with van der Waals surface area (Å²) >= 11 is 5.91. The summed E-state index contributed by atoms with van der Waals surface area (Å²) in [5.74, 6) is -0.903. The number of nitrogens with one attached hydrogen (secondary N) is 1. The third kappa shape index (κ3) is 6.92. The molecule has 11 heteroatoms. The second kappa shape index (κ2) is 11.8. The van der Waals surface area contributed by atoms with Crippen molar-refractivity contribution < 1.29 is 17.9 Å². The smallest absolute Gasteiger partial charge is 0.252 e. The quantitative estimate of drug-likeness (QED) is 0.311. The van der Waals surface area contributed by atoms with Crippen LogP contribution in [0, 0.1) is 11.6 Å². The van der Waals surface area contributed by atoms with Crippen LogP contribution in [0.3, 0.4) is 0 Å². The van der Waals surface area contributed by atoms with E-state index in [2.05, 4.69) is 49.1 Å². The van der Waals surface area contributed by atoms with E-state index in [0.29, 0.717) is 24.7 Å². The largest absolute Gasteiger partial charge is 0.414 e. The SMILES string of the molecule is CC(C)(C)[Si](C)(C)OCC(c1ccc(Cl)c(F)c1)n1cc(F)c(-c2ccnc(NC3CCOCC3)n2)cc1=O. The van der Waals surface area contributed by atoms with Gasteiger partial charge in [0.05, 0.1) is 23.4 Å². The van der Waals surface area contributed by atoms with Gasteiger partial charge in [0.2, 0.25) is 5.95 Å². The number of benzene rings is 1. The molecule has 0 saturated carbocycles. The van der Waals surface area contributed by atoms with Gasteiger partial charge in [0.15, 0.2) is 8.32 Å². The summed E-state index contributed by atoms with van der Waals surface area (Å²) in [5, 5.41) is 3.13. The second-order valence-electron chi connectivity index (χ2n) is 11.3. The molecule has 3 heterocycles. The Labute approximate surface area is 233 Å². The van der Waals surface area contributed by atoms with Crippen LogP contribution >= 0.6 is 11.6 Å². The van der Waals surface area contributed by atoms with Crippen molar-refractivity contribution in [2.45, 2.75) is 63.8 Å². The molecule has 1 aliphatic rings. The number of nitrogens with zero attached hydrogens (tertiary/aromatic N) is 3. The highest BCUT2D eigenvalue weighted by molar-refractivity contribution is 6.74. The lowest BCUT2D eigenvalue weighted by Gasteiger charge is -2.37. The monoisotopic (exact) mass is 576 g/mol. The van der Waals surface area contributed by atoms with E-state index in [4.69, 9.17) is 20.8 Å². The highest BCUT2D eigenvalue weighted by atomic mass is 35.5. The van der Waals surface area contributed by atoms with Gasteiger partial charge in [-0.05, 0) is 54.7 Å². The number of hydrogen-bond acceptors (Lipinski definition) is 6. The Kier molecular flexibility index (Phi) is 8.90. The maximum atomic E-state index is 15.6. The zero-order valence-electron chi connectivity index (χ0n) is 22.9. The van der Waals surface area contributed by atoms with E-state index in [1.54, 1.807) is 12.1 Å². The van der Waals surface area contributed by atoms with Gasteiger partial charge in [-0.15, -0.1) is 0 Å². The molecule has 1 aliphatic heterocycles. The van der Waals surface area contributed by atoms with E-state index in [0.717, 1.165) is 19.0 Å². The molecule has 4 rings (SSSR count). The standard InChI is InChI=1S/C28H35ClF2N4O3Si/c1-28(2,3)39(4,5)38-17-25(18-6-7-21(29)22(30)14-18)35-16-23(31)20(15-26(35)36)24-8-11-32-27(34-24)33-19-9-12-37-13-10-19/h6-8,11,14-16,19,25H,9-10,12-13,17H2,1-5H3,(H,32,33,34). The van der Waals surface area contributed by atoms with Crippen molar-refractivity contribution in [3.63, 3.8) is 0 Å². The summed E-state index contributed by atoms with van der Waals surface area (Å²) in [6, 6.07) is 6.48. The first-order valence-corrected chi connectivity index (χ1v) is 16.3. The molecule has 1 unspecified atom stereocenters. The Bertz CT molecular complexity index is 1370. The third-order valence-corrected chi connectivity index (χ3v) is 12.4. The molecule has 1 atom stereocenters. The number of hydrogen-bond donors (Lipinski definition) is 1. The number of anilines is 1. The molecule has 0 aliphatic carbocycles.